The number of amides is 1. The van der Waals surface area contributed by atoms with Crippen molar-refractivity contribution >= 4 is 6.09 Å². The van der Waals surface area contributed by atoms with E-state index >= 15 is 0 Å². The summed E-state index contributed by atoms with van der Waals surface area (Å²) in [6.45, 7) is 9.07. The van der Waals surface area contributed by atoms with E-state index in [9.17, 15) is 9.90 Å². The molecule has 1 heterocycles. The number of likely N-dealkylation sites (tertiary alicyclic amines) is 1. The second-order valence-corrected chi connectivity index (χ2v) is 5.66. The first-order chi connectivity index (χ1) is 7.32. The number of aliphatic hydroxyl groups excluding tert-OH is 1. The van der Waals surface area contributed by atoms with Gasteiger partial charge in [-0.15, -0.1) is 0 Å². The van der Waals surface area contributed by atoms with Gasteiger partial charge in [0.25, 0.3) is 0 Å². The van der Waals surface area contributed by atoms with Gasteiger partial charge in [0, 0.05) is 18.5 Å². The molecule has 1 saturated heterocycles. The lowest BCUT2D eigenvalue weighted by atomic mass is 9.85. The van der Waals surface area contributed by atoms with Crippen molar-refractivity contribution in [2.24, 2.45) is 5.41 Å². The normalized spacial score (nSPS) is 25.9. The van der Waals surface area contributed by atoms with Crippen LogP contribution in [0.3, 0.4) is 0 Å². The minimum absolute atomic E-state index is 0.114. The third kappa shape index (κ3) is 3.11. The van der Waals surface area contributed by atoms with E-state index in [0.717, 1.165) is 12.8 Å². The Bertz CT molecular complexity index is 253. The van der Waals surface area contributed by atoms with E-state index in [1.807, 2.05) is 20.8 Å². The fourth-order valence-corrected chi connectivity index (χ4v) is 1.95. The van der Waals surface area contributed by atoms with Crippen LogP contribution in [0.2, 0.25) is 0 Å². The highest BCUT2D eigenvalue weighted by Gasteiger charge is 2.39. The van der Waals surface area contributed by atoms with Crippen LogP contribution in [0.25, 0.3) is 0 Å². The quantitative estimate of drug-likeness (QED) is 0.788. The molecule has 1 fully saturated rings. The first-order valence-electron chi connectivity index (χ1n) is 5.91. The first kappa shape index (κ1) is 13.3. The van der Waals surface area contributed by atoms with Crippen molar-refractivity contribution in [3.63, 3.8) is 0 Å². The lowest BCUT2D eigenvalue weighted by molar-refractivity contribution is 0.0252. The van der Waals surface area contributed by atoms with Crippen molar-refractivity contribution < 1.29 is 14.6 Å². The molecule has 1 aliphatic rings. The molecule has 94 valence electrons. The highest BCUT2D eigenvalue weighted by Crippen LogP contribution is 2.33. The summed E-state index contributed by atoms with van der Waals surface area (Å²) in [5.74, 6) is 0. The maximum Gasteiger partial charge on any atom is 0.410 e. The van der Waals surface area contributed by atoms with Crippen molar-refractivity contribution in [3.05, 3.63) is 0 Å². The summed E-state index contributed by atoms with van der Waals surface area (Å²) in [5, 5.41) is 9.37. The minimum atomic E-state index is -0.451. The molecule has 1 unspecified atom stereocenters. The number of carbonyl (C=O) groups is 1. The Labute approximate surface area is 97.6 Å². The first-order valence-corrected chi connectivity index (χ1v) is 5.91. The summed E-state index contributed by atoms with van der Waals surface area (Å²) in [6.07, 6.45) is 1.48. The molecular formula is C12H23NO3. The van der Waals surface area contributed by atoms with Crippen LogP contribution in [0.4, 0.5) is 4.79 Å². The van der Waals surface area contributed by atoms with Gasteiger partial charge in [0.1, 0.15) is 5.60 Å². The van der Waals surface area contributed by atoms with Gasteiger partial charge in [0.15, 0.2) is 0 Å². The number of hydrogen-bond acceptors (Lipinski definition) is 3. The minimum Gasteiger partial charge on any atom is -0.444 e. The van der Waals surface area contributed by atoms with Crippen LogP contribution in [0, 0.1) is 5.41 Å². The van der Waals surface area contributed by atoms with E-state index in [4.69, 9.17) is 4.74 Å². The summed E-state index contributed by atoms with van der Waals surface area (Å²) < 4.78 is 5.31. The third-order valence-electron chi connectivity index (χ3n) is 3.18. The van der Waals surface area contributed by atoms with Gasteiger partial charge in [-0.2, -0.15) is 0 Å². The Hall–Kier alpha value is -0.770. The van der Waals surface area contributed by atoms with Gasteiger partial charge in [-0.3, -0.25) is 0 Å². The molecule has 1 aliphatic heterocycles. The third-order valence-corrected chi connectivity index (χ3v) is 3.18. The van der Waals surface area contributed by atoms with Crippen molar-refractivity contribution in [1.29, 1.82) is 0 Å². The molecule has 1 N–H and O–H groups in total. The predicted octanol–water partition coefficient (Wildman–Crippen LogP) is 2.02. The van der Waals surface area contributed by atoms with Crippen molar-refractivity contribution in [3.8, 4) is 0 Å². The standard InChI is InChI=1S/C12H23NO3/c1-5-12(9-14)6-7-13(8-12)10(15)16-11(2,3)4/h14H,5-9H2,1-4H3. The van der Waals surface area contributed by atoms with Gasteiger partial charge < -0.3 is 14.7 Å². The number of hydrogen-bond donors (Lipinski definition) is 1. The lowest BCUT2D eigenvalue weighted by Crippen LogP contribution is -2.37. The topological polar surface area (TPSA) is 49.8 Å². The summed E-state index contributed by atoms with van der Waals surface area (Å²) in [4.78, 5) is 13.5. The average molecular weight is 229 g/mol. The molecule has 0 aliphatic carbocycles. The Balaban J connectivity index is 2.56. The Morgan fingerprint density at radius 2 is 2.12 bits per heavy atom. The molecule has 16 heavy (non-hydrogen) atoms. The van der Waals surface area contributed by atoms with Crippen LogP contribution in [-0.4, -0.2) is 41.4 Å². The molecular weight excluding hydrogens is 206 g/mol. The zero-order valence-corrected chi connectivity index (χ0v) is 10.7. The fourth-order valence-electron chi connectivity index (χ4n) is 1.95. The average Bonchev–Trinajstić information content (AvgIpc) is 2.60. The van der Waals surface area contributed by atoms with Crippen molar-refractivity contribution in [1.82, 2.24) is 4.90 Å². The molecule has 1 amide bonds. The molecule has 1 rings (SSSR count). The number of rotatable bonds is 2. The molecule has 4 heteroatoms. The highest BCUT2D eigenvalue weighted by molar-refractivity contribution is 5.68. The van der Waals surface area contributed by atoms with Gasteiger partial charge in [0.05, 0.1) is 6.61 Å². The summed E-state index contributed by atoms with van der Waals surface area (Å²) in [6, 6.07) is 0. The summed E-state index contributed by atoms with van der Waals surface area (Å²) in [7, 11) is 0. The molecule has 0 aromatic heterocycles. The number of carbonyl (C=O) groups excluding carboxylic acids is 1. The predicted molar refractivity (Wildman–Crippen MR) is 62.2 cm³/mol. The molecule has 0 bridgehead atoms. The van der Waals surface area contributed by atoms with Crippen molar-refractivity contribution in [2.75, 3.05) is 19.7 Å². The van der Waals surface area contributed by atoms with Crippen LogP contribution < -0.4 is 0 Å². The Kier molecular flexibility index (Phi) is 3.84. The fraction of sp³-hybridized carbons (Fsp3) is 0.917. The maximum absolute atomic E-state index is 11.8. The lowest BCUT2D eigenvalue weighted by Gasteiger charge is -2.27. The van der Waals surface area contributed by atoms with Gasteiger partial charge in [-0.25, -0.2) is 4.79 Å². The van der Waals surface area contributed by atoms with Gasteiger partial charge >= 0.3 is 6.09 Å². The van der Waals surface area contributed by atoms with Crippen LogP contribution in [0.1, 0.15) is 40.5 Å². The molecule has 0 aromatic rings. The van der Waals surface area contributed by atoms with E-state index in [1.54, 1.807) is 4.90 Å². The second kappa shape index (κ2) is 4.62. The highest BCUT2D eigenvalue weighted by atomic mass is 16.6. The van der Waals surface area contributed by atoms with Gasteiger partial charge in [-0.05, 0) is 33.6 Å². The zero-order valence-electron chi connectivity index (χ0n) is 10.7. The number of nitrogens with zero attached hydrogens (tertiary/aromatic N) is 1. The molecule has 4 nitrogen and oxygen atoms in total. The molecule has 0 spiro atoms. The summed E-state index contributed by atoms with van der Waals surface area (Å²) >= 11 is 0. The van der Waals surface area contributed by atoms with E-state index in [1.165, 1.54) is 0 Å². The maximum atomic E-state index is 11.8. The molecule has 1 atom stereocenters. The number of ether oxygens (including phenoxy) is 1. The van der Waals surface area contributed by atoms with Crippen LogP contribution in [-0.2, 0) is 4.74 Å². The van der Waals surface area contributed by atoms with Gasteiger partial charge in [-0.1, -0.05) is 6.92 Å². The van der Waals surface area contributed by atoms with E-state index in [0.29, 0.717) is 13.1 Å². The van der Waals surface area contributed by atoms with Crippen LogP contribution in [0.15, 0.2) is 0 Å². The number of aliphatic hydroxyl groups is 1. The van der Waals surface area contributed by atoms with E-state index < -0.39 is 5.60 Å². The SMILES string of the molecule is CCC1(CO)CCN(C(=O)OC(C)(C)C)C1. The van der Waals surface area contributed by atoms with E-state index in [2.05, 4.69) is 6.92 Å². The Morgan fingerprint density at radius 3 is 2.50 bits per heavy atom. The van der Waals surface area contributed by atoms with Crippen LogP contribution >= 0.6 is 0 Å². The van der Waals surface area contributed by atoms with E-state index in [-0.39, 0.29) is 18.1 Å². The monoisotopic (exact) mass is 229 g/mol. The second-order valence-electron chi connectivity index (χ2n) is 5.66. The molecule has 0 aromatic carbocycles. The molecule has 0 saturated carbocycles. The van der Waals surface area contributed by atoms with Crippen LogP contribution in [0.5, 0.6) is 0 Å². The smallest absolute Gasteiger partial charge is 0.410 e. The zero-order chi connectivity index (χ0) is 12.4. The summed E-state index contributed by atoms with van der Waals surface area (Å²) in [5.41, 5.74) is -0.565. The largest absolute Gasteiger partial charge is 0.444 e. The van der Waals surface area contributed by atoms with Gasteiger partial charge in [0.2, 0.25) is 0 Å². The van der Waals surface area contributed by atoms with Crippen molar-refractivity contribution in [2.45, 2.75) is 46.1 Å². The Morgan fingerprint density at radius 1 is 1.50 bits per heavy atom. The molecule has 0 radical (unpaired) electrons.